The van der Waals surface area contributed by atoms with Gasteiger partial charge in [0.25, 0.3) is 11.8 Å². The van der Waals surface area contributed by atoms with Crippen molar-refractivity contribution < 1.29 is 9.59 Å². The summed E-state index contributed by atoms with van der Waals surface area (Å²) in [6.45, 7) is 2.95. The molecule has 0 unspecified atom stereocenters. The molecule has 0 spiro atoms. The van der Waals surface area contributed by atoms with Crippen LogP contribution in [0.3, 0.4) is 0 Å². The Kier molecular flexibility index (Phi) is 6.59. The second-order valence-corrected chi connectivity index (χ2v) is 7.39. The van der Waals surface area contributed by atoms with Crippen molar-refractivity contribution >= 4 is 41.5 Å². The quantitative estimate of drug-likeness (QED) is 0.707. The number of anilines is 1. The van der Waals surface area contributed by atoms with Crippen LogP contribution in [0.5, 0.6) is 0 Å². The van der Waals surface area contributed by atoms with Gasteiger partial charge in [-0.1, -0.05) is 11.6 Å². The number of fused-ring (bicyclic) bond motifs is 1. The second kappa shape index (κ2) is 8.94. The molecule has 150 valence electrons. The summed E-state index contributed by atoms with van der Waals surface area (Å²) < 4.78 is 0. The Morgan fingerprint density at radius 2 is 1.96 bits per heavy atom. The van der Waals surface area contributed by atoms with Crippen LogP contribution in [0.4, 0.5) is 5.69 Å². The highest BCUT2D eigenvalue weighted by atomic mass is 35.5. The van der Waals surface area contributed by atoms with Crippen molar-refractivity contribution in [3.63, 3.8) is 0 Å². The number of piperidine rings is 1. The number of likely N-dealkylation sites (tertiary alicyclic amines) is 1. The topological polar surface area (TPSA) is 90.1 Å². The molecular formula is C19H23Cl2N5O2. The lowest BCUT2D eigenvalue weighted by atomic mass is 10.1. The number of carbonyl (C=O) groups excluding carboxylic acids is 2. The van der Waals surface area contributed by atoms with Crippen LogP contribution in [0.15, 0.2) is 18.2 Å². The maximum absolute atomic E-state index is 12.9. The molecule has 9 heteroatoms. The Morgan fingerprint density at radius 1 is 1.18 bits per heavy atom. The summed E-state index contributed by atoms with van der Waals surface area (Å²) in [7, 11) is 0. The number of amides is 2. The lowest BCUT2D eigenvalue weighted by Crippen LogP contribution is -2.36. The van der Waals surface area contributed by atoms with Crippen LogP contribution >= 0.6 is 24.0 Å². The van der Waals surface area contributed by atoms with Gasteiger partial charge < -0.3 is 15.5 Å². The van der Waals surface area contributed by atoms with Crippen LogP contribution in [0.25, 0.3) is 0 Å². The van der Waals surface area contributed by atoms with Gasteiger partial charge in [-0.2, -0.15) is 5.10 Å². The van der Waals surface area contributed by atoms with Crippen molar-refractivity contribution in [1.29, 1.82) is 0 Å². The lowest BCUT2D eigenvalue weighted by Gasteiger charge is -2.27. The van der Waals surface area contributed by atoms with Gasteiger partial charge in [-0.05, 0) is 37.5 Å². The number of H-pyrrole nitrogens is 1. The summed E-state index contributed by atoms with van der Waals surface area (Å²) in [4.78, 5) is 27.6. The molecule has 0 radical (unpaired) electrons. The van der Waals surface area contributed by atoms with Crippen LogP contribution in [0.1, 0.15) is 51.4 Å². The SMILES string of the molecule is Cl.O=C(Nc1cc(Cl)ccc1C(=O)N1CCCCC1)c1n[nH]c2c1CNCC2. The highest BCUT2D eigenvalue weighted by Crippen LogP contribution is 2.25. The summed E-state index contributed by atoms with van der Waals surface area (Å²) in [5.41, 5.74) is 3.09. The third-order valence-electron chi connectivity index (χ3n) is 5.12. The summed E-state index contributed by atoms with van der Waals surface area (Å²) in [6, 6.07) is 4.97. The molecule has 1 aromatic heterocycles. The molecule has 7 nitrogen and oxygen atoms in total. The molecule has 28 heavy (non-hydrogen) atoms. The summed E-state index contributed by atoms with van der Waals surface area (Å²) in [6.07, 6.45) is 3.97. The number of hydrogen-bond acceptors (Lipinski definition) is 4. The normalized spacial score (nSPS) is 16.1. The molecule has 3 N–H and O–H groups in total. The molecule has 0 saturated carbocycles. The molecule has 2 aliphatic rings. The average molecular weight is 424 g/mol. The van der Waals surface area contributed by atoms with Crippen molar-refractivity contribution in [3.05, 3.63) is 45.7 Å². The van der Waals surface area contributed by atoms with Crippen molar-refractivity contribution in [1.82, 2.24) is 20.4 Å². The highest BCUT2D eigenvalue weighted by molar-refractivity contribution is 6.31. The van der Waals surface area contributed by atoms with E-state index in [2.05, 4.69) is 20.8 Å². The molecule has 0 bridgehead atoms. The zero-order valence-corrected chi connectivity index (χ0v) is 17.0. The van der Waals surface area contributed by atoms with Gasteiger partial charge in [0.1, 0.15) is 0 Å². The van der Waals surface area contributed by atoms with E-state index in [9.17, 15) is 9.59 Å². The predicted octanol–water partition coefficient (Wildman–Crippen LogP) is 3.01. The van der Waals surface area contributed by atoms with E-state index in [0.29, 0.717) is 28.5 Å². The number of hydrogen-bond donors (Lipinski definition) is 3. The largest absolute Gasteiger partial charge is 0.339 e. The molecule has 2 amide bonds. The van der Waals surface area contributed by atoms with Crippen LogP contribution in [-0.2, 0) is 13.0 Å². The number of aromatic nitrogens is 2. The van der Waals surface area contributed by atoms with E-state index in [1.807, 2.05) is 4.90 Å². The molecule has 2 aliphatic heterocycles. The number of rotatable bonds is 3. The van der Waals surface area contributed by atoms with Gasteiger partial charge in [0.2, 0.25) is 0 Å². The Labute approximate surface area is 174 Å². The number of carbonyl (C=O) groups is 2. The fourth-order valence-corrected chi connectivity index (χ4v) is 3.84. The van der Waals surface area contributed by atoms with Crippen molar-refractivity contribution in [2.45, 2.75) is 32.2 Å². The number of benzene rings is 1. The van der Waals surface area contributed by atoms with Crippen molar-refractivity contribution in [2.24, 2.45) is 0 Å². The monoisotopic (exact) mass is 423 g/mol. The molecule has 1 aromatic carbocycles. The number of nitrogens with one attached hydrogen (secondary N) is 3. The molecule has 2 aromatic rings. The molecule has 3 heterocycles. The van der Waals surface area contributed by atoms with Gasteiger partial charge in [0.05, 0.1) is 11.3 Å². The molecule has 1 saturated heterocycles. The van der Waals surface area contributed by atoms with Crippen LogP contribution < -0.4 is 10.6 Å². The standard InChI is InChI=1S/C19H22ClN5O2.ClH/c20-12-4-5-13(19(27)25-8-2-1-3-9-25)16(10-12)22-18(26)17-14-11-21-7-6-15(14)23-24-17;/h4-5,10,21H,1-3,6-9,11H2,(H,22,26)(H,23,24);1H. The fraction of sp³-hybridized carbons (Fsp3) is 0.421. The second-order valence-electron chi connectivity index (χ2n) is 6.95. The minimum atomic E-state index is -0.342. The Hall–Kier alpha value is -2.09. The molecular weight excluding hydrogens is 401 g/mol. The molecule has 0 aliphatic carbocycles. The van der Waals surface area contributed by atoms with Gasteiger partial charge in [-0.3, -0.25) is 14.7 Å². The smallest absolute Gasteiger partial charge is 0.276 e. The van der Waals surface area contributed by atoms with Gasteiger partial charge in [0, 0.05) is 48.9 Å². The Balaban J connectivity index is 0.00000225. The minimum Gasteiger partial charge on any atom is -0.339 e. The number of nitrogens with zero attached hydrogens (tertiary/aromatic N) is 2. The molecule has 4 rings (SSSR count). The van der Waals surface area contributed by atoms with Gasteiger partial charge in [-0.15, -0.1) is 12.4 Å². The lowest BCUT2D eigenvalue weighted by molar-refractivity contribution is 0.0725. The van der Waals surface area contributed by atoms with Crippen LogP contribution in [-0.4, -0.2) is 46.5 Å². The van der Waals surface area contributed by atoms with E-state index in [4.69, 9.17) is 11.6 Å². The zero-order chi connectivity index (χ0) is 18.8. The van der Waals surface area contributed by atoms with E-state index in [1.165, 1.54) is 0 Å². The molecule has 1 fully saturated rings. The van der Waals surface area contributed by atoms with Crippen LogP contribution in [0.2, 0.25) is 5.02 Å². The average Bonchev–Trinajstić information content (AvgIpc) is 3.13. The third kappa shape index (κ3) is 4.16. The first-order valence-electron chi connectivity index (χ1n) is 9.30. The van der Waals surface area contributed by atoms with Crippen molar-refractivity contribution in [3.8, 4) is 0 Å². The van der Waals surface area contributed by atoms with Gasteiger partial charge >= 0.3 is 0 Å². The fourth-order valence-electron chi connectivity index (χ4n) is 3.67. The van der Waals surface area contributed by atoms with Crippen molar-refractivity contribution in [2.75, 3.05) is 25.0 Å². The third-order valence-corrected chi connectivity index (χ3v) is 5.36. The van der Waals surface area contributed by atoms with Gasteiger partial charge in [0.15, 0.2) is 5.69 Å². The zero-order valence-electron chi connectivity index (χ0n) is 15.4. The predicted molar refractivity (Wildman–Crippen MR) is 110 cm³/mol. The molecule has 0 atom stereocenters. The first-order chi connectivity index (χ1) is 13.1. The maximum atomic E-state index is 12.9. The first kappa shape index (κ1) is 20.6. The Morgan fingerprint density at radius 3 is 2.75 bits per heavy atom. The van der Waals surface area contributed by atoms with E-state index >= 15 is 0 Å². The summed E-state index contributed by atoms with van der Waals surface area (Å²) >= 11 is 6.12. The van der Waals surface area contributed by atoms with Crippen LogP contribution in [0, 0.1) is 0 Å². The highest BCUT2D eigenvalue weighted by Gasteiger charge is 2.25. The van der Waals surface area contributed by atoms with Gasteiger partial charge in [-0.25, -0.2) is 0 Å². The summed E-state index contributed by atoms with van der Waals surface area (Å²) in [5.74, 6) is -0.418. The summed E-state index contributed by atoms with van der Waals surface area (Å²) in [5, 5.41) is 13.7. The number of halogens is 2. The Bertz CT molecular complexity index is 877. The first-order valence-corrected chi connectivity index (χ1v) is 9.68. The van der Waals surface area contributed by atoms with E-state index < -0.39 is 0 Å². The van der Waals surface area contributed by atoms with E-state index in [0.717, 1.165) is 56.6 Å². The van der Waals surface area contributed by atoms with E-state index in [1.54, 1.807) is 18.2 Å². The number of aromatic amines is 1. The minimum absolute atomic E-state index is 0. The van der Waals surface area contributed by atoms with E-state index in [-0.39, 0.29) is 24.2 Å². The maximum Gasteiger partial charge on any atom is 0.276 e.